The van der Waals surface area contributed by atoms with Crippen LogP contribution in [-0.4, -0.2) is 53.6 Å². The van der Waals surface area contributed by atoms with E-state index >= 15 is 0 Å². The molecule has 2 aromatic rings. The second kappa shape index (κ2) is 8.84. The Morgan fingerprint density at radius 1 is 1.38 bits per heavy atom. The summed E-state index contributed by atoms with van der Waals surface area (Å²) in [5, 5.41) is 9.03. The standard InChI is InChI=1S/C17H26N6S/c1-18-17(20-7-11-22-10-6-19-14-22)21-13-15(16-5-4-12-24-16)23-8-2-3-9-23/h4-6,10,12,14-15H,2-3,7-9,11,13H2,1H3,(H2,18,20,21). The highest BCUT2D eigenvalue weighted by atomic mass is 32.1. The van der Waals surface area contributed by atoms with Crippen molar-refractivity contribution in [2.24, 2.45) is 4.99 Å². The molecule has 3 rings (SSSR count). The zero-order valence-electron chi connectivity index (χ0n) is 14.2. The summed E-state index contributed by atoms with van der Waals surface area (Å²) in [5.41, 5.74) is 0. The molecule has 0 saturated carbocycles. The van der Waals surface area contributed by atoms with Crippen LogP contribution in [0.3, 0.4) is 0 Å². The van der Waals surface area contributed by atoms with Gasteiger partial charge >= 0.3 is 0 Å². The average Bonchev–Trinajstić information content (AvgIpc) is 3.35. The number of hydrogen-bond acceptors (Lipinski definition) is 4. The Morgan fingerprint density at radius 3 is 2.92 bits per heavy atom. The molecular weight excluding hydrogens is 320 g/mol. The highest BCUT2D eigenvalue weighted by molar-refractivity contribution is 7.10. The predicted octanol–water partition coefficient (Wildman–Crippen LogP) is 1.95. The van der Waals surface area contributed by atoms with Gasteiger partial charge in [0.2, 0.25) is 0 Å². The van der Waals surface area contributed by atoms with Crippen molar-refractivity contribution in [2.75, 3.05) is 33.2 Å². The number of rotatable bonds is 7. The lowest BCUT2D eigenvalue weighted by molar-refractivity contribution is 0.249. The Bertz CT molecular complexity index is 601. The largest absolute Gasteiger partial charge is 0.355 e. The first-order chi connectivity index (χ1) is 11.9. The van der Waals surface area contributed by atoms with Crippen LogP contribution in [0, 0.1) is 0 Å². The Labute approximate surface area is 147 Å². The van der Waals surface area contributed by atoms with Crippen molar-refractivity contribution in [1.82, 2.24) is 25.1 Å². The van der Waals surface area contributed by atoms with Gasteiger partial charge in [-0.25, -0.2) is 4.98 Å². The van der Waals surface area contributed by atoms with Crippen molar-refractivity contribution in [3.8, 4) is 0 Å². The molecule has 0 spiro atoms. The molecule has 2 N–H and O–H groups in total. The van der Waals surface area contributed by atoms with E-state index in [4.69, 9.17) is 0 Å². The van der Waals surface area contributed by atoms with Crippen LogP contribution in [0.5, 0.6) is 0 Å². The van der Waals surface area contributed by atoms with Gasteiger partial charge in [0.1, 0.15) is 0 Å². The Balaban J connectivity index is 1.50. The molecule has 1 aliphatic heterocycles. The summed E-state index contributed by atoms with van der Waals surface area (Å²) in [4.78, 5) is 12.4. The van der Waals surface area contributed by atoms with Crippen LogP contribution in [0.2, 0.25) is 0 Å². The summed E-state index contributed by atoms with van der Waals surface area (Å²) in [5.74, 6) is 0.857. The Hall–Kier alpha value is -1.86. The van der Waals surface area contributed by atoms with E-state index in [1.807, 2.05) is 30.9 Å². The fraction of sp³-hybridized carbons (Fsp3) is 0.529. The van der Waals surface area contributed by atoms with Gasteiger partial charge < -0.3 is 15.2 Å². The molecule has 0 amide bonds. The van der Waals surface area contributed by atoms with Gasteiger partial charge in [-0.1, -0.05) is 6.07 Å². The Morgan fingerprint density at radius 2 is 2.25 bits per heavy atom. The monoisotopic (exact) mass is 346 g/mol. The van der Waals surface area contributed by atoms with Crippen LogP contribution in [0.1, 0.15) is 23.8 Å². The van der Waals surface area contributed by atoms with E-state index in [2.05, 4.69) is 47.6 Å². The maximum atomic E-state index is 4.34. The molecule has 130 valence electrons. The lowest BCUT2D eigenvalue weighted by Crippen LogP contribution is -2.43. The molecule has 1 saturated heterocycles. The number of nitrogens with zero attached hydrogens (tertiary/aromatic N) is 4. The highest BCUT2D eigenvalue weighted by Gasteiger charge is 2.24. The van der Waals surface area contributed by atoms with Crippen molar-refractivity contribution in [3.63, 3.8) is 0 Å². The van der Waals surface area contributed by atoms with Crippen LogP contribution >= 0.6 is 11.3 Å². The number of nitrogens with one attached hydrogen (secondary N) is 2. The molecule has 7 heteroatoms. The molecule has 1 atom stereocenters. The molecule has 6 nitrogen and oxygen atoms in total. The first-order valence-corrected chi connectivity index (χ1v) is 9.42. The van der Waals surface area contributed by atoms with Crippen molar-refractivity contribution in [1.29, 1.82) is 0 Å². The van der Waals surface area contributed by atoms with Gasteiger partial charge in [-0.3, -0.25) is 9.89 Å². The van der Waals surface area contributed by atoms with Crippen molar-refractivity contribution >= 4 is 17.3 Å². The minimum Gasteiger partial charge on any atom is -0.355 e. The number of thiophene rings is 1. The second-order valence-electron chi connectivity index (χ2n) is 5.95. The quantitative estimate of drug-likeness (QED) is 0.594. The zero-order chi connectivity index (χ0) is 16.6. The molecule has 1 aliphatic rings. The van der Waals surface area contributed by atoms with Crippen molar-refractivity contribution in [3.05, 3.63) is 41.1 Å². The van der Waals surface area contributed by atoms with Crippen molar-refractivity contribution in [2.45, 2.75) is 25.4 Å². The smallest absolute Gasteiger partial charge is 0.191 e. The third-order valence-electron chi connectivity index (χ3n) is 4.36. The fourth-order valence-corrected chi connectivity index (χ4v) is 3.94. The average molecular weight is 347 g/mol. The maximum Gasteiger partial charge on any atom is 0.191 e. The number of aromatic nitrogens is 2. The molecule has 0 aliphatic carbocycles. The number of hydrogen-bond donors (Lipinski definition) is 2. The third-order valence-corrected chi connectivity index (χ3v) is 5.33. The van der Waals surface area contributed by atoms with E-state index < -0.39 is 0 Å². The number of aliphatic imine (C=N–C) groups is 1. The summed E-state index contributed by atoms with van der Waals surface area (Å²) in [6, 6.07) is 4.81. The summed E-state index contributed by atoms with van der Waals surface area (Å²) >= 11 is 1.84. The van der Waals surface area contributed by atoms with Crippen LogP contribution in [0.4, 0.5) is 0 Å². The van der Waals surface area contributed by atoms with Crippen LogP contribution in [0.15, 0.2) is 41.2 Å². The van der Waals surface area contributed by atoms with E-state index in [9.17, 15) is 0 Å². The lowest BCUT2D eigenvalue weighted by atomic mass is 10.2. The van der Waals surface area contributed by atoms with Crippen LogP contribution < -0.4 is 10.6 Å². The third kappa shape index (κ3) is 4.58. The van der Waals surface area contributed by atoms with Gasteiger partial charge in [0, 0.05) is 44.0 Å². The summed E-state index contributed by atoms with van der Waals surface area (Å²) < 4.78 is 2.05. The first kappa shape index (κ1) is 17.0. The SMILES string of the molecule is CN=C(NCCn1ccnc1)NCC(c1cccs1)N1CCCC1. The van der Waals surface area contributed by atoms with E-state index in [0.717, 1.165) is 25.6 Å². The van der Waals surface area contributed by atoms with Gasteiger partial charge in [-0.15, -0.1) is 11.3 Å². The number of imidazole rings is 1. The molecule has 2 aromatic heterocycles. The van der Waals surface area contributed by atoms with Crippen LogP contribution in [-0.2, 0) is 6.54 Å². The summed E-state index contributed by atoms with van der Waals surface area (Å²) in [6.45, 7) is 4.96. The summed E-state index contributed by atoms with van der Waals surface area (Å²) in [6.07, 6.45) is 8.21. The van der Waals surface area contributed by atoms with Crippen molar-refractivity contribution < 1.29 is 0 Å². The zero-order valence-corrected chi connectivity index (χ0v) is 15.0. The lowest BCUT2D eigenvalue weighted by Gasteiger charge is -2.27. The van der Waals surface area contributed by atoms with Crippen LogP contribution in [0.25, 0.3) is 0 Å². The predicted molar refractivity (Wildman–Crippen MR) is 99.5 cm³/mol. The molecule has 0 aromatic carbocycles. The molecule has 1 fully saturated rings. The van der Waals surface area contributed by atoms with E-state index in [-0.39, 0.29) is 0 Å². The molecule has 24 heavy (non-hydrogen) atoms. The molecule has 0 bridgehead atoms. The van der Waals surface area contributed by atoms with Gasteiger partial charge in [0.15, 0.2) is 5.96 Å². The molecular formula is C17H26N6S. The topological polar surface area (TPSA) is 57.5 Å². The second-order valence-corrected chi connectivity index (χ2v) is 6.93. The van der Waals surface area contributed by atoms with Gasteiger partial charge in [-0.05, 0) is 37.4 Å². The van der Waals surface area contributed by atoms with E-state index in [0.29, 0.717) is 6.04 Å². The minimum atomic E-state index is 0.430. The number of guanidine groups is 1. The molecule has 3 heterocycles. The summed E-state index contributed by atoms with van der Waals surface area (Å²) in [7, 11) is 1.82. The molecule has 0 radical (unpaired) electrons. The van der Waals surface area contributed by atoms with Gasteiger partial charge in [0.25, 0.3) is 0 Å². The molecule has 1 unspecified atom stereocenters. The normalized spacial score (nSPS) is 17.1. The fourth-order valence-electron chi connectivity index (χ4n) is 3.08. The van der Waals surface area contributed by atoms with E-state index in [1.54, 1.807) is 6.20 Å². The van der Waals surface area contributed by atoms with Gasteiger partial charge in [0.05, 0.1) is 12.4 Å². The highest BCUT2D eigenvalue weighted by Crippen LogP contribution is 2.27. The maximum absolute atomic E-state index is 4.34. The van der Waals surface area contributed by atoms with E-state index in [1.165, 1.54) is 30.8 Å². The number of likely N-dealkylation sites (tertiary alicyclic amines) is 1. The first-order valence-electron chi connectivity index (χ1n) is 8.54. The van der Waals surface area contributed by atoms with Gasteiger partial charge in [-0.2, -0.15) is 0 Å². The Kier molecular flexibility index (Phi) is 6.26. The minimum absolute atomic E-state index is 0.430.